The smallest absolute Gasteiger partial charge is 0.142 e. The minimum absolute atomic E-state index is 0.271. The molecule has 6 heteroatoms. The summed E-state index contributed by atoms with van der Waals surface area (Å²) in [6, 6.07) is 24.1. The molecule has 1 heterocycles. The highest BCUT2D eigenvalue weighted by Crippen LogP contribution is 2.31. The van der Waals surface area contributed by atoms with E-state index in [2.05, 4.69) is 15.8 Å². The minimum atomic E-state index is -0.271. The van der Waals surface area contributed by atoms with Gasteiger partial charge in [0.1, 0.15) is 23.9 Å². The molecule has 0 N–H and O–H groups in total. The SMILES string of the molecule is COc1ccc(-n2c(-c3ccc(F)cc3)cc(/C(C)=N\OCc3cccc(OC)c3)c2C)cc1. The van der Waals surface area contributed by atoms with Crippen molar-refractivity contribution in [2.75, 3.05) is 14.2 Å². The van der Waals surface area contributed by atoms with Gasteiger partial charge in [-0.15, -0.1) is 0 Å². The highest BCUT2D eigenvalue weighted by molar-refractivity contribution is 6.01. The predicted octanol–water partition coefficient (Wildman–Crippen LogP) is 6.55. The van der Waals surface area contributed by atoms with Crippen LogP contribution in [0, 0.1) is 12.7 Å². The molecule has 0 amide bonds. The van der Waals surface area contributed by atoms with Gasteiger partial charge >= 0.3 is 0 Å². The lowest BCUT2D eigenvalue weighted by Gasteiger charge is -2.13. The lowest BCUT2D eigenvalue weighted by atomic mass is 10.1. The van der Waals surface area contributed by atoms with Crippen LogP contribution in [0.1, 0.15) is 23.7 Å². The van der Waals surface area contributed by atoms with Gasteiger partial charge in [0.2, 0.25) is 0 Å². The van der Waals surface area contributed by atoms with Gasteiger partial charge in [0, 0.05) is 16.9 Å². The van der Waals surface area contributed by atoms with Gasteiger partial charge in [-0.05, 0) is 91.7 Å². The predicted molar refractivity (Wildman–Crippen MR) is 132 cm³/mol. The van der Waals surface area contributed by atoms with Crippen molar-refractivity contribution in [3.8, 4) is 28.4 Å². The van der Waals surface area contributed by atoms with Crippen molar-refractivity contribution in [3.63, 3.8) is 0 Å². The number of aromatic nitrogens is 1. The molecule has 0 saturated heterocycles. The number of hydrogen-bond acceptors (Lipinski definition) is 4. The van der Waals surface area contributed by atoms with Crippen LogP contribution in [0.15, 0.2) is 84.0 Å². The molecule has 0 aliphatic carbocycles. The molecular formula is C28H27FN2O3. The second kappa shape index (κ2) is 10.3. The molecule has 5 nitrogen and oxygen atoms in total. The van der Waals surface area contributed by atoms with Gasteiger partial charge in [-0.2, -0.15) is 0 Å². The third-order valence-electron chi connectivity index (χ3n) is 5.67. The van der Waals surface area contributed by atoms with Gasteiger partial charge in [0.15, 0.2) is 0 Å². The fourth-order valence-corrected chi connectivity index (χ4v) is 3.89. The van der Waals surface area contributed by atoms with E-state index < -0.39 is 0 Å². The highest BCUT2D eigenvalue weighted by Gasteiger charge is 2.17. The van der Waals surface area contributed by atoms with E-state index in [4.69, 9.17) is 14.3 Å². The Morgan fingerprint density at radius 3 is 2.26 bits per heavy atom. The number of ether oxygens (including phenoxy) is 2. The maximum atomic E-state index is 13.6. The quantitative estimate of drug-likeness (QED) is 0.222. The van der Waals surface area contributed by atoms with Crippen LogP contribution < -0.4 is 9.47 Å². The zero-order valence-electron chi connectivity index (χ0n) is 19.7. The Hall–Kier alpha value is -4.06. The fraction of sp³-hybridized carbons (Fsp3) is 0.179. The molecular weight excluding hydrogens is 431 g/mol. The molecule has 4 aromatic rings. The van der Waals surface area contributed by atoms with Crippen molar-refractivity contribution in [2.45, 2.75) is 20.5 Å². The van der Waals surface area contributed by atoms with Crippen LogP contribution in [0.3, 0.4) is 0 Å². The van der Waals surface area contributed by atoms with E-state index in [9.17, 15) is 4.39 Å². The lowest BCUT2D eigenvalue weighted by Crippen LogP contribution is -2.02. The first-order valence-corrected chi connectivity index (χ1v) is 10.9. The Bertz CT molecular complexity index is 1290. The number of nitrogens with zero attached hydrogens (tertiary/aromatic N) is 2. The Morgan fingerprint density at radius 2 is 1.59 bits per heavy atom. The van der Waals surface area contributed by atoms with Gasteiger partial charge in [-0.3, -0.25) is 0 Å². The molecule has 4 rings (SSSR count). The van der Waals surface area contributed by atoms with Crippen molar-refractivity contribution in [1.82, 2.24) is 4.57 Å². The zero-order valence-corrected chi connectivity index (χ0v) is 19.7. The van der Waals surface area contributed by atoms with Crippen LogP contribution in [0.4, 0.5) is 4.39 Å². The molecule has 0 atom stereocenters. The summed E-state index contributed by atoms with van der Waals surface area (Å²) in [5.74, 6) is 1.28. The summed E-state index contributed by atoms with van der Waals surface area (Å²) in [4.78, 5) is 5.65. The summed E-state index contributed by atoms with van der Waals surface area (Å²) in [5, 5.41) is 4.37. The maximum Gasteiger partial charge on any atom is 0.142 e. The number of halogens is 1. The Labute approximate surface area is 199 Å². The average Bonchev–Trinajstić information content (AvgIpc) is 3.21. The van der Waals surface area contributed by atoms with Crippen LogP contribution in [0.25, 0.3) is 16.9 Å². The highest BCUT2D eigenvalue weighted by atomic mass is 19.1. The molecule has 0 bridgehead atoms. The monoisotopic (exact) mass is 458 g/mol. The van der Waals surface area contributed by atoms with Crippen molar-refractivity contribution in [2.24, 2.45) is 5.16 Å². The van der Waals surface area contributed by atoms with Gasteiger partial charge in [0.25, 0.3) is 0 Å². The van der Waals surface area contributed by atoms with E-state index in [0.717, 1.165) is 51.0 Å². The van der Waals surface area contributed by atoms with Crippen LogP contribution >= 0.6 is 0 Å². The van der Waals surface area contributed by atoms with Crippen LogP contribution in [-0.2, 0) is 11.4 Å². The Balaban J connectivity index is 1.69. The Morgan fingerprint density at radius 1 is 0.882 bits per heavy atom. The Kier molecular flexibility index (Phi) is 6.97. The lowest BCUT2D eigenvalue weighted by molar-refractivity contribution is 0.130. The minimum Gasteiger partial charge on any atom is -0.497 e. The molecule has 0 unspecified atom stereocenters. The molecule has 0 radical (unpaired) electrons. The summed E-state index contributed by atoms with van der Waals surface area (Å²) in [5.41, 5.74) is 6.45. The molecule has 0 aliphatic rings. The zero-order chi connectivity index (χ0) is 24.1. The van der Waals surface area contributed by atoms with E-state index >= 15 is 0 Å². The summed E-state index contributed by atoms with van der Waals surface area (Å²) < 4.78 is 26.3. The molecule has 1 aromatic heterocycles. The molecule has 0 fully saturated rings. The van der Waals surface area contributed by atoms with Crippen LogP contribution in [0.5, 0.6) is 11.5 Å². The van der Waals surface area contributed by atoms with Crippen LogP contribution in [0.2, 0.25) is 0 Å². The first kappa shape index (κ1) is 23.1. The van der Waals surface area contributed by atoms with E-state index in [-0.39, 0.29) is 5.82 Å². The van der Waals surface area contributed by atoms with Crippen molar-refractivity contribution < 1.29 is 18.7 Å². The van der Waals surface area contributed by atoms with Crippen LogP contribution in [-0.4, -0.2) is 24.5 Å². The normalized spacial score (nSPS) is 11.4. The number of benzene rings is 3. The standard InChI is InChI=1S/C28H27FN2O3/c1-19(30-34-18-21-6-5-7-26(16-21)33-4)27-17-28(22-8-10-23(29)11-9-22)31(20(27)2)24-12-14-25(32-3)15-13-24/h5-17H,18H2,1-4H3/b30-19-. The molecule has 3 aromatic carbocycles. The fourth-order valence-electron chi connectivity index (χ4n) is 3.89. The molecule has 0 aliphatic heterocycles. The molecule has 0 saturated carbocycles. The van der Waals surface area contributed by atoms with Gasteiger partial charge in [-0.1, -0.05) is 17.3 Å². The van der Waals surface area contributed by atoms with Gasteiger partial charge in [0.05, 0.1) is 25.6 Å². The summed E-state index contributed by atoms with van der Waals surface area (Å²) in [7, 11) is 3.28. The largest absolute Gasteiger partial charge is 0.497 e. The van der Waals surface area contributed by atoms with E-state index in [1.807, 2.05) is 62.4 Å². The average molecular weight is 459 g/mol. The summed E-state index contributed by atoms with van der Waals surface area (Å²) in [6.45, 7) is 4.28. The van der Waals surface area contributed by atoms with Crippen molar-refractivity contribution in [1.29, 1.82) is 0 Å². The molecule has 0 spiro atoms. The number of hydrogen-bond donors (Lipinski definition) is 0. The third-order valence-corrected chi connectivity index (χ3v) is 5.67. The number of methoxy groups -OCH3 is 2. The topological polar surface area (TPSA) is 45.0 Å². The first-order chi connectivity index (χ1) is 16.5. The maximum absolute atomic E-state index is 13.6. The number of oxime groups is 1. The molecule has 34 heavy (non-hydrogen) atoms. The number of rotatable bonds is 8. The van der Waals surface area contributed by atoms with Gasteiger partial charge < -0.3 is 18.9 Å². The van der Waals surface area contributed by atoms with Gasteiger partial charge in [-0.25, -0.2) is 4.39 Å². The first-order valence-electron chi connectivity index (χ1n) is 10.9. The van der Waals surface area contributed by atoms with Crippen molar-refractivity contribution in [3.05, 3.63) is 102 Å². The summed E-state index contributed by atoms with van der Waals surface area (Å²) >= 11 is 0. The van der Waals surface area contributed by atoms with E-state index in [1.54, 1.807) is 26.4 Å². The second-order valence-corrected chi connectivity index (χ2v) is 7.87. The molecule has 174 valence electrons. The summed E-state index contributed by atoms with van der Waals surface area (Å²) in [6.07, 6.45) is 0. The van der Waals surface area contributed by atoms with E-state index in [1.165, 1.54) is 12.1 Å². The van der Waals surface area contributed by atoms with E-state index in [0.29, 0.717) is 6.61 Å². The second-order valence-electron chi connectivity index (χ2n) is 7.87. The third kappa shape index (κ3) is 4.96. The van der Waals surface area contributed by atoms with Crippen molar-refractivity contribution >= 4 is 5.71 Å².